The largest absolute Gasteiger partial charge is 0.508 e. The van der Waals surface area contributed by atoms with Crippen LogP contribution in [0, 0.1) is 0 Å². The summed E-state index contributed by atoms with van der Waals surface area (Å²) >= 11 is 0. The number of hydrogen-bond acceptors (Lipinski definition) is 4. The molecule has 0 fully saturated rings. The molecule has 0 saturated carbocycles. The van der Waals surface area contributed by atoms with Crippen molar-refractivity contribution in [3.8, 4) is 5.75 Å². The Labute approximate surface area is 128 Å². The van der Waals surface area contributed by atoms with Gasteiger partial charge < -0.3 is 15.7 Å². The van der Waals surface area contributed by atoms with Crippen molar-refractivity contribution >= 4 is 11.7 Å². The lowest BCUT2D eigenvalue weighted by Crippen LogP contribution is -2.41. The van der Waals surface area contributed by atoms with Crippen LogP contribution in [0.3, 0.4) is 0 Å². The second-order valence-electron chi connectivity index (χ2n) is 5.55. The molecule has 3 rings (SSSR count). The van der Waals surface area contributed by atoms with Crippen LogP contribution < -0.4 is 10.6 Å². The van der Waals surface area contributed by atoms with E-state index in [1.165, 1.54) is 6.20 Å². The number of carbonyl (C=O) groups excluding carboxylic acids is 2. The number of nitrogens with one attached hydrogen (secondary N) is 2. The summed E-state index contributed by atoms with van der Waals surface area (Å²) in [7, 11) is 0. The highest BCUT2D eigenvalue weighted by molar-refractivity contribution is 6.26. The Bertz CT molecular complexity index is 676. The molecule has 2 aliphatic rings. The average molecular weight is 298 g/mol. The summed E-state index contributed by atoms with van der Waals surface area (Å²) in [6.07, 6.45) is 6.32. The number of allylic oxidation sites excluding steroid dienone is 1. The predicted molar refractivity (Wildman–Crippen MR) is 81.9 cm³/mol. The molecule has 3 N–H and O–H groups in total. The number of amides is 1. The molecule has 1 amide bonds. The third-order valence-electron chi connectivity index (χ3n) is 3.98. The second-order valence-corrected chi connectivity index (χ2v) is 5.55. The molecule has 1 heterocycles. The first kappa shape index (κ1) is 14.4. The molecule has 1 unspecified atom stereocenters. The minimum Gasteiger partial charge on any atom is -0.508 e. The molecule has 0 bridgehead atoms. The van der Waals surface area contributed by atoms with E-state index < -0.39 is 5.91 Å². The smallest absolute Gasteiger partial charge is 0.257 e. The summed E-state index contributed by atoms with van der Waals surface area (Å²) in [6, 6.07) is 6.70. The molecule has 5 nitrogen and oxygen atoms in total. The third-order valence-corrected chi connectivity index (χ3v) is 3.98. The summed E-state index contributed by atoms with van der Waals surface area (Å²) in [6.45, 7) is 0.264. The molecule has 1 aromatic rings. The molecule has 22 heavy (non-hydrogen) atoms. The van der Waals surface area contributed by atoms with E-state index in [0.717, 1.165) is 24.8 Å². The van der Waals surface area contributed by atoms with E-state index in [1.54, 1.807) is 24.3 Å². The molecular weight excluding hydrogens is 280 g/mol. The van der Waals surface area contributed by atoms with Crippen LogP contribution in [0.25, 0.3) is 0 Å². The van der Waals surface area contributed by atoms with Crippen molar-refractivity contribution in [1.82, 2.24) is 10.6 Å². The van der Waals surface area contributed by atoms with Crippen molar-refractivity contribution in [3.05, 3.63) is 53.3 Å². The average Bonchev–Trinajstić information content (AvgIpc) is 2.53. The molecular formula is C17H18N2O3. The van der Waals surface area contributed by atoms with Gasteiger partial charge in [0.2, 0.25) is 0 Å². The molecule has 5 heteroatoms. The quantitative estimate of drug-likeness (QED) is 0.740. The van der Waals surface area contributed by atoms with Gasteiger partial charge in [-0.2, -0.15) is 0 Å². The topological polar surface area (TPSA) is 78.4 Å². The van der Waals surface area contributed by atoms with Gasteiger partial charge in [-0.05, 0) is 37.0 Å². The number of ketones is 1. The number of rotatable bonds is 3. The molecule has 114 valence electrons. The first-order valence-electron chi connectivity index (χ1n) is 7.42. The van der Waals surface area contributed by atoms with Crippen LogP contribution in [0.5, 0.6) is 5.75 Å². The van der Waals surface area contributed by atoms with Crippen LogP contribution in [-0.2, 0) is 16.1 Å². The van der Waals surface area contributed by atoms with E-state index >= 15 is 0 Å². The highest BCUT2D eigenvalue weighted by atomic mass is 16.3. The van der Waals surface area contributed by atoms with Crippen LogP contribution in [0.2, 0.25) is 0 Å². The lowest BCUT2D eigenvalue weighted by atomic mass is 9.86. The number of phenolic OH excluding ortho intramolecular Hbond substituents is 1. The van der Waals surface area contributed by atoms with Crippen LogP contribution in [0.1, 0.15) is 24.8 Å². The number of carbonyl (C=O) groups is 2. The van der Waals surface area contributed by atoms with Crippen molar-refractivity contribution in [3.63, 3.8) is 0 Å². The van der Waals surface area contributed by atoms with E-state index in [2.05, 4.69) is 10.6 Å². The van der Waals surface area contributed by atoms with Crippen molar-refractivity contribution in [2.24, 2.45) is 0 Å². The zero-order valence-corrected chi connectivity index (χ0v) is 12.1. The summed E-state index contributed by atoms with van der Waals surface area (Å²) in [5, 5.41) is 15.3. The first-order valence-corrected chi connectivity index (χ1v) is 7.42. The molecule has 1 aliphatic heterocycles. The standard InChI is InChI=1S/C17H18N2O3/c20-12-5-3-4-11(8-12)9-19-17(22)14-10-18-15-7-2-1-6-13(15)16(14)21/h3-6,8,10,15,18,20H,1-2,7,9H2,(H,19,22). The fourth-order valence-electron chi connectivity index (χ4n) is 2.82. The van der Waals surface area contributed by atoms with Gasteiger partial charge in [-0.1, -0.05) is 18.2 Å². The fourth-order valence-corrected chi connectivity index (χ4v) is 2.82. The highest BCUT2D eigenvalue weighted by Crippen LogP contribution is 2.25. The molecule has 0 spiro atoms. The zero-order chi connectivity index (χ0) is 15.5. The van der Waals surface area contributed by atoms with E-state index in [1.807, 2.05) is 6.08 Å². The van der Waals surface area contributed by atoms with Gasteiger partial charge in [-0.25, -0.2) is 0 Å². The molecule has 0 radical (unpaired) electrons. The molecule has 0 aromatic heterocycles. The summed E-state index contributed by atoms with van der Waals surface area (Å²) in [5.41, 5.74) is 1.63. The minimum absolute atomic E-state index is 0.0453. The van der Waals surface area contributed by atoms with E-state index in [0.29, 0.717) is 5.57 Å². The zero-order valence-electron chi connectivity index (χ0n) is 12.1. The molecule has 1 aliphatic carbocycles. The minimum atomic E-state index is -0.397. The van der Waals surface area contributed by atoms with Crippen LogP contribution in [-0.4, -0.2) is 22.8 Å². The number of phenols is 1. The van der Waals surface area contributed by atoms with Crippen molar-refractivity contribution in [1.29, 1.82) is 0 Å². The number of benzene rings is 1. The molecule has 0 saturated heterocycles. The van der Waals surface area contributed by atoms with Gasteiger partial charge >= 0.3 is 0 Å². The van der Waals surface area contributed by atoms with Crippen molar-refractivity contribution in [2.45, 2.75) is 31.8 Å². The third kappa shape index (κ3) is 2.88. The predicted octanol–water partition coefficient (Wildman–Crippen LogP) is 1.54. The fraction of sp³-hybridized carbons (Fsp3) is 0.294. The van der Waals surface area contributed by atoms with Gasteiger partial charge in [-0.15, -0.1) is 0 Å². The number of hydrogen-bond donors (Lipinski definition) is 3. The Morgan fingerprint density at radius 2 is 2.27 bits per heavy atom. The monoisotopic (exact) mass is 298 g/mol. The van der Waals surface area contributed by atoms with Gasteiger partial charge in [0, 0.05) is 18.3 Å². The van der Waals surface area contributed by atoms with Crippen LogP contribution in [0.15, 0.2) is 47.7 Å². The van der Waals surface area contributed by atoms with Gasteiger partial charge in [0.05, 0.1) is 6.04 Å². The summed E-state index contributed by atoms with van der Waals surface area (Å²) < 4.78 is 0. The van der Waals surface area contributed by atoms with Gasteiger partial charge in [0.1, 0.15) is 11.3 Å². The maximum atomic E-state index is 12.4. The van der Waals surface area contributed by atoms with E-state index in [4.69, 9.17) is 0 Å². The Morgan fingerprint density at radius 3 is 3.09 bits per heavy atom. The van der Waals surface area contributed by atoms with E-state index in [-0.39, 0.29) is 29.7 Å². The Balaban J connectivity index is 1.67. The maximum Gasteiger partial charge on any atom is 0.257 e. The van der Waals surface area contributed by atoms with Crippen LogP contribution in [0.4, 0.5) is 0 Å². The van der Waals surface area contributed by atoms with Gasteiger partial charge in [-0.3, -0.25) is 9.59 Å². The van der Waals surface area contributed by atoms with Crippen molar-refractivity contribution < 1.29 is 14.7 Å². The SMILES string of the molecule is O=C(NCc1cccc(O)c1)C1=CNC2CCCC=C2C1=O. The van der Waals surface area contributed by atoms with Gasteiger partial charge in [0.25, 0.3) is 5.91 Å². The van der Waals surface area contributed by atoms with Crippen molar-refractivity contribution in [2.75, 3.05) is 0 Å². The van der Waals surface area contributed by atoms with Crippen LogP contribution >= 0.6 is 0 Å². The molecule has 1 atom stereocenters. The second kappa shape index (κ2) is 6.05. The maximum absolute atomic E-state index is 12.4. The summed E-state index contributed by atoms with van der Waals surface area (Å²) in [4.78, 5) is 24.6. The highest BCUT2D eigenvalue weighted by Gasteiger charge is 2.31. The summed E-state index contributed by atoms with van der Waals surface area (Å²) in [5.74, 6) is -0.431. The number of Topliss-reactive ketones (excluding diaryl/α,β-unsaturated/α-hetero) is 1. The normalized spacial score (nSPS) is 20.4. The lowest BCUT2D eigenvalue weighted by molar-refractivity contribution is -0.121. The number of fused-ring (bicyclic) bond motifs is 1. The Hall–Kier alpha value is -2.56. The lowest BCUT2D eigenvalue weighted by Gasteiger charge is -2.28. The Kier molecular flexibility index (Phi) is 3.96. The molecule has 1 aromatic carbocycles. The number of aromatic hydroxyl groups is 1. The first-order chi connectivity index (χ1) is 10.6. The van der Waals surface area contributed by atoms with Gasteiger partial charge in [0.15, 0.2) is 5.78 Å². The Morgan fingerprint density at radius 1 is 1.41 bits per heavy atom. The van der Waals surface area contributed by atoms with E-state index in [9.17, 15) is 14.7 Å².